The fourth-order valence-electron chi connectivity index (χ4n) is 3.70. The predicted octanol–water partition coefficient (Wildman–Crippen LogP) is 3.36. The second-order valence-electron chi connectivity index (χ2n) is 6.67. The number of carbonyl (C=O) groups is 1. The second-order valence-corrected chi connectivity index (χ2v) is 7.11. The lowest BCUT2D eigenvalue weighted by Gasteiger charge is -2.40. The van der Waals surface area contributed by atoms with Gasteiger partial charge in [0.05, 0.1) is 18.1 Å². The number of aliphatic hydroxyl groups is 1. The standard InChI is InChI=1S/C18H24ClNO3/c1-2-6-18(22)7-9-20(10-8-18)17(21)14-5-11-23-16-4-3-13(19)12-15(14)16/h3-4,12,14,22H,2,5-11H2,1H3. The number of hydrogen-bond acceptors (Lipinski definition) is 3. The second kappa shape index (κ2) is 6.70. The summed E-state index contributed by atoms with van der Waals surface area (Å²) in [7, 11) is 0. The monoisotopic (exact) mass is 337 g/mol. The third kappa shape index (κ3) is 3.48. The van der Waals surface area contributed by atoms with Gasteiger partial charge >= 0.3 is 0 Å². The SMILES string of the molecule is CCCC1(O)CCN(C(=O)C2CCOc3ccc(Cl)cc32)CC1. The number of piperidine rings is 1. The van der Waals surface area contributed by atoms with Gasteiger partial charge in [-0.15, -0.1) is 0 Å². The van der Waals surface area contributed by atoms with Crippen molar-refractivity contribution in [2.45, 2.75) is 50.5 Å². The maximum atomic E-state index is 12.9. The third-order valence-electron chi connectivity index (χ3n) is 5.03. The van der Waals surface area contributed by atoms with Crippen molar-refractivity contribution in [3.05, 3.63) is 28.8 Å². The first-order chi connectivity index (χ1) is 11.0. The number of likely N-dealkylation sites (tertiary alicyclic amines) is 1. The molecule has 1 fully saturated rings. The van der Waals surface area contributed by atoms with E-state index in [9.17, 15) is 9.90 Å². The van der Waals surface area contributed by atoms with Crippen LogP contribution in [0, 0.1) is 0 Å². The Labute approximate surface area is 142 Å². The van der Waals surface area contributed by atoms with Crippen molar-refractivity contribution in [1.29, 1.82) is 0 Å². The number of rotatable bonds is 3. The number of ether oxygens (including phenoxy) is 1. The Morgan fingerprint density at radius 1 is 1.43 bits per heavy atom. The minimum atomic E-state index is -0.595. The van der Waals surface area contributed by atoms with E-state index in [0.717, 1.165) is 24.2 Å². The molecule has 23 heavy (non-hydrogen) atoms. The van der Waals surface area contributed by atoms with Crippen molar-refractivity contribution in [3.63, 3.8) is 0 Å². The van der Waals surface area contributed by atoms with E-state index in [0.29, 0.717) is 44.0 Å². The summed E-state index contributed by atoms with van der Waals surface area (Å²) >= 11 is 6.09. The molecule has 126 valence electrons. The summed E-state index contributed by atoms with van der Waals surface area (Å²) < 4.78 is 5.64. The van der Waals surface area contributed by atoms with Gasteiger partial charge in [0.15, 0.2) is 0 Å². The summed E-state index contributed by atoms with van der Waals surface area (Å²) in [6.07, 6.45) is 3.79. The zero-order chi connectivity index (χ0) is 16.4. The van der Waals surface area contributed by atoms with E-state index in [-0.39, 0.29) is 11.8 Å². The van der Waals surface area contributed by atoms with Gasteiger partial charge in [-0.25, -0.2) is 0 Å². The van der Waals surface area contributed by atoms with E-state index >= 15 is 0 Å². The third-order valence-corrected chi connectivity index (χ3v) is 5.27. The van der Waals surface area contributed by atoms with Gasteiger partial charge in [0.25, 0.3) is 0 Å². The molecule has 1 amide bonds. The van der Waals surface area contributed by atoms with Crippen molar-refractivity contribution in [3.8, 4) is 5.75 Å². The van der Waals surface area contributed by atoms with Gasteiger partial charge in [-0.3, -0.25) is 4.79 Å². The molecule has 4 nitrogen and oxygen atoms in total. The van der Waals surface area contributed by atoms with E-state index in [1.165, 1.54) is 0 Å². The van der Waals surface area contributed by atoms with Gasteiger partial charge in [-0.05, 0) is 43.9 Å². The number of nitrogens with zero attached hydrogens (tertiary/aromatic N) is 1. The van der Waals surface area contributed by atoms with E-state index in [1.54, 1.807) is 6.07 Å². The van der Waals surface area contributed by atoms with Gasteiger partial charge in [-0.2, -0.15) is 0 Å². The summed E-state index contributed by atoms with van der Waals surface area (Å²) in [5.41, 5.74) is 0.297. The minimum Gasteiger partial charge on any atom is -0.493 e. The maximum absolute atomic E-state index is 12.9. The quantitative estimate of drug-likeness (QED) is 0.920. The maximum Gasteiger partial charge on any atom is 0.230 e. The molecule has 0 radical (unpaired) electrons. The average Bonchev–Trinajstić information content (AvgIpc) is 2.54. The van der Waals surface area contributed by atoms with E-state index in [2.05, 4.69) is 6.92 Å². The first kappa shape index (κ1) is 16.6. The molecule has 1 N–H and O–H groups in total. The smallest absolute Gasteiger partial charge is 0.230 e. The average molecular weight is 338 g/mol. The van der Waals surface area contributed by atoms with Gasteiger partial charge in [0.1, 0.15) is 5.75 Å². The van der Waals surface area contributed by atoms with Crippen LogP contribution in [0.25, 0.3) is 0 Å². The van der Waals surface area contributed by atoms with E-state index < -0.39 is 5.60 Å². The molecule has 0 bridgehead atoms. The molecular weight excluding hydrogens is 314 g/mol. The van der Waals surface area contributed by atoms with Gasteiger partial charge in [0.2, 0.25) is 5.91 Å². The lowest BCUT2D eigenvalue weighted by molar-refractivity contribution is -0.138. The lowest BCUT2D eigenvalue weighted by Crippen LogP contribution is -2.48. The number of halogens is 1. The van der Waals surface area contributed by atoms with Crippen LogP contribution in [0.15, 0.2) is 18.2 Å². The summed E-state index contributed by atoms with van der Waals surface area (Å²) in [5, 5.41) is 11.1. The fraction of sp³-hybridized carbons (Fsp3) is 0.611. The molecule has 0 spiro atoms. The van der Waals surface area contributed by atoms with Crippen LogP contribution in [0.4, 0.5) is 0 Å². The molecule has 1 atom stereocenters. The molecule has 2 aliphatic rings. The molecule has 1 aromatic carbocycles. The molecular formula is C18H24ClNO3. The van der Waals surface area contributed by atoms with Crippen LogP contribution in [-0.2, 0) is 4.79 Å². The van der Waals surface area contributed by atoms with Crippen LogP contribution >= 0.6 is 11.6 Å². The summed E-state index contributed by atoms with van der Waals surface area (Å²) in [4.78, 5) is 14.8. The Balaban J connectivity index is 1.72. The van der Waals surface area contributed by atoms with Crippen LogP contribution in [0.5, 0.6) is 5.75 Å². The van der Waals surface area contributed by atoms with Gasteiger partial charge < -0.3 is 14.7 Å². The number of carbonyl (C=O) groups excluding carboxylic acids is 1. The topological polar surface area (TPSA) is 49.8 Å². The normalized spacial score (nSPS) is 23.1. The molecule has 0 aromatic heterocycles. The summed E-state index contributed by atoms with van der Waals surface area (Å²) in [5.74, 6) is 0.712. The minimum absolute atomic E-state index is 0.135. The number of fused-ring (bicyclic) bond motifs is 1. The fourth-order valence-corrected chi connectivity index (χ4v) is 3.88. The molecule has 5 heteroatoms. The van der Waals surface area contributed by atoms with Crippen molar-refractivity contribution >= 4 is 17.5 Å². The van der Waals surface area contributed by atoms with Crippen LogP contribution in [-0.4, -0.2) is 41.2 Å². The Morgan fingerprint density at radius 2 is 2.17 bits per heavy atom. The van der Waals surface area contributed by atoms with Crippen LogP contribution in [0.2, 0.25) is 5.02 Å². The molecule has 0 saturated carbocycles. The zero-order valence-corrected chi connectivity index (χ0v) is 14.3. The first-order valence-corrected chi connectivity index (χ1v) is 8.83. The van der Waals surface area contributed by atoms with Gasteiger partial charge in [0, 0.05) is 23.7 Å². The highest BCUT2D eigenvalue weighted by atomic mass is 35.5. The Morgan fingerprint density at radius 3 is 2.87 bits per heavy atom. The highest BCUT2D eigenvalue weighted by Crippen LogP contribution is 2.37. The Hall–Kier alpha value is -1.26. The van der Waals surface area contributed by atoms with Crippen molar-refractivity contribution in [2.24, 2.45) is 0 Å². The highest BCUT2D eigenvalue weighted by Gasteiger charge is 2.37. The number of benzene rings is 1. The van der Waals surface area contributed by atoms with Crippen molar-refractivity contribution < 1.29 is 14.6 Å². The molecule has 2 heterocycles. The number of hydrogen-bond donors (Lipinski definition) is 1. The molecule has 0 aliphatic carbocycles. The molecule has 3 rings (SSSR count). The largest absolute Gasteiger partial charge is 0.493 e. The van der Waals surface area contributed by atoms with Gasteiger partial charge in [-0.1, -0.05) is 24.9 Å². The zero-order valence-electron chi connectivity index (χ0n) is 13.6. The van der Waals surface area contributed by atoms with Crippen molar-refractivity contribution in [2.75, 3.05) is 19.7 Å². The molecule has 1 saturated heterocycles. The summed E-state index contributed by atoms with van der Waals surface area (Å²) in [6.45, 7) is 3.89. The molecule has 1 unspecified atom stereocenters. The Bertz CT molecular complexity index is 582. The lowest BCUT2D eigenvalue weighted by atomic mass is 9.85. The van der Waals surface area contributed by atoms with Crippen LogP contribution in [0.3, 0.4) is 0 Å². The predicted molar refractivity (Wildman–Crippen MR) is 90.0 cm³/mol. The Kier molecular flexibility index (Phi) is 4.83. The molecule has 1 aromatic rings. The van der Waals surface area contributed by atoms with Crippen molar-refractivity contribution in [1.82, 2.24) is 4.90 Å². The van der Waals surface area contributed by atoms with E-state index in [4.69, 9.17) is 16.3 Å². The first-order valence-electron chi connectivity index (χ1n) is 8.46. The van der Waals surface area contributed by atoms with E-state index in [1.807, 2.05) is 17.0 Å². The highest BCUT2D eigenvalue weighted by molar-refractivity contribution is 6.30. The van der Waals surface area contributed by atoms with Crippen LogP contribution < -0.4 is 4.74 Å². The number of amides is 1. The molecule has 2 aliphatic heterocycles. The van der Waals surface area contributed by atoms with Crippen LogP contribution in [0.1, 0.15) is 50.5 Å². The summed E-state index contributed by atoms with van der Waals surface area (Å²) in [6, 6.07) is 5.47.